The molecule has 0 aliphatic rings. The molecule has 0 saturated carbocycles. The van der Waals surface area contributed by atoms with Crippen molar-refractivity contribution in [3.8, 4) is 0 Å². The molecule has 1 rings (SSSR count). The van der Waals surface area contributed by atoms with Crippen molar-refractivity contribution in [2.75, 3.05) is 18.9 Å². The van der Waals surface area contributed by atoms with Crippen molar-refractivity contribution in [2.45, 2.75) is 26.3 Å². The van der Waals surface area contributed by atoms with Gasteiger partial charge in [-0.05, 0) is 31.9 Å². The number of rotatable bonds is 6. The third-order valence-electron chi connectivity index (χ3n) is 2.25. The summed E-state index contributed by atoms with van der Waals surface area (Å²) in [4.78, 5) is 11.3. The molecular weight excluding hydrogens is 216 g/mol. The summed E-state index contributed by atoms with van der Waals surface area (Å²) in [5.41, 5.74) is 7.61. The Morgan fingerprint density at radius 2 is 2.12 bits per heavy atom. The van der Waals surface area contributed by atoms with Gasteiger partial charge in [0.05, 0.1) is 6.61 Å². The monoisotopic (exact) mass is 236 g/mol. The van der Waals surface area contributed by atoms with Crippen LogP contribution in [-0.4, -0.2) is 25.2 Å². The van der Waals surface area contributed by atoms with Crippen LogP contribution in [0.5, 0.6) is 0 Å². The van der Waals surface area contributed by atoms with E-state index in [0.29, 0.717) is 6.61 Å². The van der Waals surface area contributed by atoms with Gasteiger partial charge >= 0.3 is 0 Å². The predicted octanol–water partition coefficient (Wildman–Crippen LogP) is 1.35. The number of hydrogen-bond acceptors (Lipinski definition) is 3. The van der Waals surface area contributed by atoms with Gasteiger partial charge in [-0.1, -0.05) is 18.2 Å². The minimum atomic E-state index is -0.0824. The molecule has 0 atom stereocenters. The molecule has 1 aromatic rings. The van der Waals surface area contributed by atoms with E-state index >= 15 is 0 Å². The SMILES string of the molecule is CC(C)NC(=O)COCCc1ccccc1N. The molecule has 4 heteroatoms. The number of hydrogen-bond donors (Lipinski definition) is 2. The molecule has 1 aromatic carbocycles. The molecule has 0 aliphatic carbocycles. The minimum absolute atomic E-state index is 0.0824. The van der Waals surface area contributed by atoms with E-state index in [2.05, 4.69) is 5.32 Å². The number of amides is 1. The lowest BCUT2D eigenvalue weighted by Crippen LogP contribution is -2.33. The molecule has 1 amide bonds. The zero-order valence-corrected chi connectivity index (χ0v) is 10.4. The molecule has 0 spiro atoms. The van der Waals surface area contributed by atoms with Crippen LogP contribution in [-0.2, 0) is 16.0 Å². The van der Waals surface area contributed by atoms with Crippen LogP contribution in [0.3, 0.4) is 0 Å². The van der Waals surface area contributed by atoms with E-state index in [1.54, 1.807) is 0 Å². The lowest BCUT2D eigenvalue weighted by Gasteiger charge is -2.09. The van der Waals surface area contributed by atoms with Crippen molar-refractivity contribution in [1.29, 1.82) is 0 Å². The molecule has 0 aromatic heterocycles. The summed E-state index contributed by atoms with van der Waals surface area (Å²) < 4.78 is 5.29. The van der Waals surface area contributed by atoms with E-state index in [1.165, 1.54) is 0 Å². The summed E-state index contributed by atoms with van der Waals surface area (Å²) in [5, 5.41) is 2.76. The second-order valence-electron chi connectivity index (χ2n) is 4.22. The van der Waals surface area contributed by atoms with Gasteiger partial charge in [0.15, 0.2) is 0 Å². The fraction of sp³-hybridized carbons (Fsp3) is 0.462. The van der Waals surface area contributed by atoms with Crippen molar-refractivity contribution < 1.29 is 9.53 Å². The quantitative estimate of drug-likeness (QED) is 0.579. The van der Waals surface area contributed by atoms with Crippen LogP contribution < -0.4 is 11.1 Å². The van der Waals surface area contributed by atoms with Gasteiger partial charge in [0.2, 0.25) is 5.91 Å². The smallest absolute Gasteiger partial charge is 0.246 e. The second-order valence-corrected chi connectivity index (χ2v) is 4.22. The molecule has 0 bridgehead atoms. The van der Waals surface area contributed by atoms with Crippen LogP contribution in [0, 0.1) is 0 Å². The van der Waals surface area contributed by atoms with Gasteiger partial charge in [-0.2, -0.15) is 0 Å². The Balaban J connectivity index is 2.21. The van der Waals surface area contributed by atoms with Crippen LogP contribution >= 0.6 is 0 Å². The van der Waals surface area contributed by atoms with Gasteiger partial charge < -0.3 is 15.8 Å². The second kappa shape index (κ2) is 6.91. The summed E-state index contributed by atoms with van der Waals surface area (Å²) in [6, 6.07) is 7.82. The number of benzene rings is 1. The topological polar surface area (TPSA) is 64.3 Å². The summed E-state index contributed by atoms with van der Waals surface area (Å²) in [5.74, 6) is -0.0824. The molecule has 94 valence electrons. The number of nitrogen functional groups attached to an aromatic ring is 1. The molecule has 4 nitrogen and oxygen atoms in total. The fourth-order valence-corrected chi connectivity index (χ4v) is 1.47. The number of nitrogens with two attached hydrogens (primary N) is 1. The minimum Gasteiger partial charge on any atom is -0.399 e. The van der Waals surface area contributed by atoms with Gasteiger partial charge in [0.25, 0.3) is 0 Å². The summed E-state index contributed by atoms with van der Waals surface area (Å²) in [7, 11) is 0. The third kappa shape index (κ3) is 5.36. The van der Waals surface area contributed by atoms with Crippen molar-refractivity contribution in [3.63, 3.8) is 0 Å². The summed E-state index contributed by atoms with van der Waals surface area (Å²) >= 11 is 0. The molecule has 0 saturated heterocycles. The van der Waals surface area contributed by atoms with Crippen LogP contribution in [0.25, 0.3) is 0 Å². The van der Waals surface area contributed by atoms with Crippen molar-refractivity contribution in [1.82, 2.24) is 5.32 Å². The zero-order valence-electron chi connectivity index (χ0n) is 10.4. The van der Waals surface area contributed by atoms with E-state index in [-0.39, 0.29) is 18.6 Å². The maximum absolute atomic E-state index is 11.3. The van der Waals surface area contributed by atoms with Crippen LogP contribution in [0.1, 0.15) is 19.4 Å². The standard InChI is InChI=1S/C13H20N2O2/c1-10(2)15-13(16)9-17-8-7-11-5-3-4-6-12(11)14/h3-6,10H,7-9,14H2,1-2H3,(H,15,16). The maximum atomic E-state index is 11.3. The largest absolute Gasteiger partial charge is 0.399 e. The molecule has 3 N–H and O–H groups in total. The number of anilines is 1. The first-order valence-electron chi connectivity index (χ1n) is 5.80. The molecular formula is C13H20N2O2. The molecule has 0 fully saturated rings. The van der Waals surface area contributed by atoms with E-state index < -0.39 is 0 Å². The van der Waals surface area contributed by atoms with Gasteiger partial charge in [-0.3, -0.25) is 4.79 Å². The van der Waals surface area contributed by atoms with Gasteiger partial charge in [0.1, 0.15) is 6.61 Å². The lowest BCUT2D eigenvalue weighted by molar-refractivity contribution is -0.126. The van der Waals surface area contributed by atoms with E-state index in [4.69, 9.17) is 10.5 Å². The van der Waals surface area contributed by atoms with Crippen molar-refractivity contribution in [3.05, 3.63) is 29.8 Å². The third-order valence-corrected chi connectivity index (χ3v) is 2.25. The van der Waals surface area contributed by atoms with Crippen molar-refractivity contribution >= 4 is 11.6 Å². The fourth-order valence-electron chi connectivity index (χ4n) is 1.47. The number of carbonyl (C=O) groups is 1. The number of carbonyl (C=O) groups excluding carboxylic acids is 1. The molecule has 17 heavy (non-hydrogen) atoms. The molecule has 0 aliphatic heterocycles. The lowest BCUT2D eigenvalue weighted by atomic mass is 10.1. The highest BCUT2D eigenvalue weighted by atomic mass is 16.5. The number of ether oxygens (including phenoxy) is 1. The highest BCUT2D eigenvalue weighted by molar-refractivity contribution is 5.77. The van der Waals surface area contributed by atoms with Gasteiger partial charge in [-0.15, -0.1) is 0 Å². The number of nitrogens with one attached hydrogen (secondary N) is 1. The van der Waals surface area contributed by atoms with Crippen LogP contribution in [0.2, 0.25) is 0 Å². The van der Waals surface area contributed by atoms with Gasteiger partial charge in [0, 0.05) is 11.7 Å². The zero-order chi connectivity index (χ0) is 12.7. The van der Waals surface area contributed by atoms with E-state index in [0.717, 1.165) is 17.7 Å². The average molecular weight is 236 g/mol. The average Bonchev–Trinajstić information content (AvgIpc) is 2.25. The Morgan fingerprint density at radius 3 is 2.76 bits per heavy atom. The highest BCUT2D eigenvalue weighted by Gasteiger charge is 2.03. The molecule has 0 radical (unpaired) electrons. The first-order valence-corrected chi connectivity index (χ1v) is 5.80. The Kier molecular flexibility index (Phi) is 5.49. The highest BCUT2D eigenvalue weighted by Crippen LogP contribution is 2.10. The Hall–Kier alpha value is -1.55. The Labute approximate surface area is 102 Å². The molecule has 0 heterocycles. The van der Waals surface area contributed by atoms with E-state index in [1.807, 2.05) is 38.1 Å². The van der Waals surface area contributed by atoms with E-state index in [9.17, 15) is 4.79 Å². The summed E-state index contributed by atoms with van der Waals surface area (Å²) in [6.45, 7) is 4.44. The summed E-state index contributed by atoms with van der Waals surface area (Å²) in [6.07, 6.45) is 0.724. The van der Waals surface area contributed by atoms with Crippen LogP contribution in [0.4, 0.5) is 5.69 Å². The first-order chi connectivity index (χ1) is 8.09. The van der Waals surface area contributed by atoms with Crippen LogP contribution in [0.15, 0.2) is 24.3 Å². The number of para-hydroxylation sites is 1. The van der Waals surface area contributed by atoms with Gasteiger partial charge in [-0.25, -0.2) is 0 Å². The normalized spacial score (nSPS) is 10.5. The Bertz CT molecular complexity index is 364. The maximum Gasteiger partial charge on any atom is 0.246 e. The van der Waals surface area contributed by atoms with Crippen molar-refractivity contribution in [2.24, 2.45) is 0 Å². The molecule has 0 unspecified atom stereocenters. The Morgan fingerprint density at radius 1 is 1.41 bits per heavy atom. The predicted molar refractivity (Wildman–Crippen MR) is 68.7 cm³/mol. The first kappa shape index (κ1) is 13.5.